The molecule has 2 rings (SSSR count). The van der Waals surface area contributed by atoms with Crippen LogP contribution in [0.2, 0.25) is 5.02 Å². The fourth-order valence-corrected chi connectivity index (χ4v) is 2.13. The summed E-state index contributed by atoms with van der Waals surface area (Å²) in [4.78, 5) is 11.5. The minimum absolute atomic E-state index is 0.0879. The van der Waals surface area contributed by atoms with Crippen LogP contribution in [-0.4, -0.2) is 20.0 Å². The summed E-state index contributed by atoms with van der Waals surface area (Å²) in [5, 5.41) is 6.29. The van der Waals surface area contributed by atoms with Crippen LogP contribution in [0.4, 0.5) is 5.69 Å². The second-order valence-corrected chi connectivity index (χ2v) is 4.51. The van der Waals surface area contributed by atoms with Gasteiger partial charge in [-0.25, -0.2) is 0 Å². The number of anilines is 1. The Hall–Kier alpha value is -2.00. The predicted octanol–water partition coefficient (Wildman–Crippen LogP) is 3.41. The third-order valence-electron chi connectivity index (χ3n) is 2.95. The molecule has 3 nitrogen and oxygen atoms in total. The van der Waals surface area contributed by atoms with E-state index in [1.165, 1.54) is 0 Å². The molecule has 0 aromatic heterocycles. The van der Waals surface area contributed by atoms with Gasteiger partial charge in [0.1, 0.15) is 0 Å². The van der Waals surface area contributed by atoms with Gasteiger partial charge in [0.05, 0.1) is 10.7 Å². The van der Waals surface area contributed by atoms with Gasteiger partial charge < -0.3 is 10.6 Å². The second kappa shape index (κ2) is 5.76. The predicted molar refractivity (Wildman–Crippen MR) is 79.8 cm³/mol. The van der Waals surface area contributed by atoms with Crippen LogP contribution in [0.3, 0.4) is 0 Å². The molecule has 4 heteroatoms. The maximum Gasteiger partial charge on any atom is 0.251 e. The maximum absolute atomic E-state index is 11.5. The largest absolute Gasteiger partial charge is 0.387 e. The van der Waals surface area contributed by atoms with Crippen LogP contribution >= 0.6 is 11.6 Å². The second-order valence-electron chi connectivity index (χ2n) is 4.10. The summed E-state index contributed by atoms with van der Waals surface area (Å²) in [7, 11) is 3.45. The number of halogens is 1. The quantitative estimate of drug-likeness (QED) is 0.901. The first-order valence-corrected chi connectivity index (χ1v) is 6.33. The SMILES string of the molecule is CNC(=O)c1ccc(-c2ccc(NC)c(Cl)c2)cc1. The summed E-state index contributed by atoms with van der Waals surface area (Å²) in [6.45, 7) is 0. The molecule has 0 aliphatic heterocycles. The van der Waals surface area contributed by atoms with Crippen molar-refractivity contribution in [3.63, 3.8) is 0 Å². The van der Waals surface area contributed by atoms with E-state index >= 15 is 0 Å². The monoisotopic (exact) mass is 274 g/mol. The van der Waals surface area contributed by atoms with Crippen LogP contribution in [0.25, 0.3) is 11.1 Å². The molecule has 2 N–H and O–H groups in total. The van der Waals surface area contributed by atoms with Gasteiger partial charge in [0.15, 0.2) is 0 Å². The molecule has 1 amide bonds. The van der Waals surface area contributed by atoms with Crippen molar-refractivity contribution in [1.29, 1.82) is 0 Å². The molecule has 0 saturated carbocycles. The van der Waals surface area contributed by atoms with Gasteiger partial charge in [-0.3, -0.25) is 4.79 Å². The van der Waals surface area contributed by atoms with Gasteiger partial charge in [-0.1, -0.05) is 29.8 Å². The molecule has 2 aromatic carbocycles. The Morgan fingerprint density at radius 2 is 1.63 bits per heavy atom. The molecule has 0 aliphatic carbocycles. The van der Waals surface area contributed by atoms with Crippen molar-refractivity contribution in [2.75, 3.05) is 19.4 Å². The van der Waals surface area contributed by atoms with Crippen molar-refractivity contribution in [3.05, 3.63) is 53.1 Å². The van der Waals surface area contributed by atoms with Gasteiger partial charge in [0, 0.05) is 19.7 Å². The maximum atomic E-state index is 11.5. The minimum Gasteiger partial charge on any atom is -0.387 e. The summed E-state index contributed by atoms with van der Waals surface area (Å²) in [5.74, 6) is -0.0879. The first-order chi connectivity index (χ1) is 9.15. The van der Waals surface area contributed by atoms with Gasteiger partial charge >= 0.3 is 0 Å². The first kappa shape index (κ1) is 13.4. The molecule has 0 heterocycles. The molecule has 0 unspecified atom stereocenters. The Morgan fingerprint density at radius 3 is 2.16 bits per heavy atom. The average molecular weight is 275 g/mol. The zero-order valence-electron chi connectivity index (χ0n) is 10.8. The Kier molecular flexibility index (Phi) is 4.07. The highest BCUT2D eigenvalue weighted by Gasteiger charge is 2.05. The van der Waals surface area contributed by atoms with Crippen molar-refractivity contribution >= 4 is 23.2 Å². The van der Waals surface area contributed by atoms with Crippen LogP contribution in [0.15, 0.2) is 42.5 Å². The minimum atomic E-state index is -0.0879. The van der Waals surface area contributed by atoms with Crippen LogP contribution < -0.4 is 10.6 Å². The highest BCUT2D eigenvalue weighted by molar-refractivity contribution is 6.33. The van der Waals surface area contributed by atoms with E-state index in [9.17, 15) is 4.79 Å². The van der Waals surface area contributed by atoms with Crippen molar-refractivity contribution in [1.82, 2.24) is 5.32 Å². The fourth-order valence-electron chi connectivity index (χ4n) is 1.86. The standard InChI is InChI=1S/C15H15ClN2O/c1-17-14-8-7-12(9-13(14)16)10-3-5-11(6-4-10)15(19)18-2/h3-9,17H,1-2H3,(H,18,19). The van der Waals surface area contributed by atoms with Crippen molar-refractivity contribution < 1.29 is 4.79 Å². The summed E-state index contributed by atoms with van der Waals surface area (Å²) < 4.78 is 0. The zero-order valence-corrected chi connectivity index (χ0v) is 11.6. The molecule has 0 radical (unpaired) electrons. The molecule has 19 heavy (non-hydrogen) atoms. The number of carbonyl (C=O) groups excluding carboxylic acids is 1. The Balaban J connectivity index is 2.32. The number of rotatable bonds is 3. The van der Waals surface area contributed by atoms with Crippen molar-refractivity contribution in [3.8, 4) is 11.1 Å². The molecule has 0 spiro atoms. The lowest BCUT2D eigenvalue weighted by atomic mass is 10.0. The zero-order chi connectivity index (χ0) is 13.8. The molecule has 0 saturated heterocycles. The van der Waals surface area contributed by atoms with Gasteiger partial charge in [0.2, 0.25) is 0 Å². The Bertz CT molecular complexity index is 594. The average Bonchev–Trinajstić information content (AvgIpc) is 2.46. The van der Waals surface area contributed by atoms with Crippen molar-refractivity contribution in [2.45, 2.75) is 0 Å². The summed E-state index contributed by atoms with van der Waals surface area (Å²) in [6, 6.07) is 13.3. The normalized spacial score (nSPS) is 10.1. The van der Waals surface area contributed by atoms with E-state index in [1.807, 2.05) is 37.4 Å². The number of benzene rings is 2. The molecule has 0 atom stereocenters. The lowest BCUT2D eigenvalue weighted by Gasteiger charge is -2.07. The topological polar surface area (TPSA) is 41.1 Å². The molecular formula is C15H15ClN2O. The van der Waals surface area contributed by atoms with Gasteiger partial charge in [-0.15, -0.1) is 0 Å². The van der Waals surface area contributed by atoms with E-state index in [0.717, 1.165) is 16.8 Å². The molecule has 2 aromatic rings. The van der Waals surface area contributed by atoms with E-state index < -0.39 is 0 Å². The van der Waals surface area contributed by atoms with Gasteiger partial charge in [-0.2, -0.15) is 0 Å². The van der Waals surface area contributed by atoms with Crippen LogP contribution in [0.5, 0.6) is 0 Å². The lowest BCUT2D eigenvalue weighted by Crippen LogP contribution is -2.17. The molecule has 0 aliphatic rings. The Labute approximate surface area is 117 Å². The molecular weight excluding hydrogens is 260 g/mol. The van der Waals surface area contributed by atoms with E-state index in [2.05, 4.69) is 10.6 Å². The van der Waals surface area contributed by atoms with E-state index in [0.29, 0.717) is 10.6 Å². The summed E-state index contributed by atoms with van der Waals surface area (Å²) in [5.41, 5.74) is 3.58. The summed E-state index contributed by atoms with van der Waals surface area (Å²) >= 11 is 6.16. The number of nitrogens with one attached hydrogen (secondary N) is 2. The summed E-state index contributed by atoms with van der Waals surface area (Å²) in [6.07, 6.45) is 0. The number of hydrogen-bond donors (Lipinski definition) is 2. The lowest BCUT2D eigenvalue weighted by molar-refractivity contribution is 0.0963. The van der Waals surface area contributed by atoms with Gasteiger partial charge in [-0.05, 0) is 35.4 Å². The highest BCUT2D eigenvalue weighted by Crippen LogP contribution is 2.28. The van der Waals surface area contributed by atoms with Crippen LogP contribution in [0.1, 0.15) is 10.4 Å². The van der Waals surface area contributed by atoms with Crippen LogP contribution in [-0.2, 0) is 0 Å². The third kappa shape index (κ3) is 2.88. The smallest absolute Gasteiger partial charge is 0.251 e. The molecule has 0 fully saturated rings. The van der Waals surface area contributed by atoms with E-state index in [4.69, 9.17) is 11.6 Å². The Morgan fingerprint density at radius 1 is 1.00 bits per heavy atom. The fraction of sp³-hybridized carbons (Fsp3) is 0.133. The number of hydrogen-bond acceptors (Lipinski definition) is 2. The third-order valence-corrected chi connectivity index (χ3v) is 3.26. The van der Waals surface area contributed by atoms with Crippen LogP contribution in [0, 0.1) is 0 Å². The van der Waals surface area contributed by atoms with E-state index in [-0.39, 0.29) is 5.91 Å². The van der Waals surface area contributed by atoms with Crippen molar-refractivity contribution in [2.24, 2.45) is 0 Å². The highest BCUT2D eigenvalue weighted by atomic mass is 35.5. The number of carbonyl (C=O) groups is 1. The first-order valence-electron chi connectivity index (χ1n) is 5.95. The van der Waals surface area contributed by atoms with Gasteiger partial charge in [0.25, 0.3) is 5.91 Å². The number of amides is 1. The molecule has 0 bridgehead atoms. The molecule has 98 valence electrons. The van der Waals surface area contributed by atoms with E-state index in [1.54, 1.807) is 19.2 Å².